The molecule has 4 aromatic carbocycles. The molecule has 8 nitrogen and oxygen atoms in total. The van der Waals surface area contributed by atoms with Gasteiger partial charge in [-0.3, -0.25) is 10.2 Å². The van der Waals surface area contributed by atoms with Crippen molar-refractivity contribution in [3.8, 4) is 11.1 Å². The van der Waals surface area contributed by atoms with Crippen LogP contribution < -0.4 is 16.2 Å². The molecule has 1 atom stereocenters. The lowest BCUT2D eigenvalue weighted by molar-refractivity contribution is -0.124. The number of hydrogen-bond acceptors (Lipinski definition) is 5. The summed E-state index contributed by atoms with van der Waals surface area (Å²) in [4.78, 5) is 38.0. The third-order valence-electron chi connectivity index (χ3n) is 6.74. The van der Waals surface area contributed by atoms with E-state index in [1.165, 1.54) is 0 Å². The molecule has 0 heterocycles. The molecule has 0 unspecified atom stereocenters. The second-order valence-corrected chi connectivity index (χ2v) is 9.39. The Morgan fingerprint density at radius 2 is 1.18 bits per heavy atom. The van der Waals surface area contributed by atoms with Crippen molar-refractivity contribution < 1.29 is 23.9 Å². The fraction of sp³-hybridized carbons (Fsp3) is 0.156. The van der Waals surface area contributed by atoms with Crippen LogP contribution in [0.15, 0.2) is 109 Å². The second kappa shape index (κ2) is 12.6. The Kier molecular flexibility index (Phi) is 8.36. The molecule has 3 N–H and O–H groups in total. The lowest BCUT2D eigenvalue weighted by Gasteiger charge is -2.19. The number of hydrazine groups is 1. The number of benzene rings is 4. The van der Waals surface area contributed by atoms with Gasteiger partial charge in [0.25, 0.3) is 5.91 Å². The van der Waals surface area contributed by atoms with E-state index in [2.05, 4.69) is 28.3 Å². The molecule has 1 aliphatic carbocycles. The minimum atomic E-state index is -1.00. The quantitative estimate of drug-likeness (QED) is 0.273. The Hall–Kier alpha value is -5.11. The van der Waals surface area contributed by atoms with Gasteiger partial charge in [-0.15, -0.1) is 0 Å². The van der Waals surface area contributed by atoms with Gasteiger partial charge in [-0.05, 0) is 33.4 Å². The Balaban J connectivity index is 1.17. The number of amides is 3. The summed E-state index contributed by atoms with van der Waals surface area (Å²) in [6.45, 7) is 0.164. The number of rotatable bonds is 8. The SMILES string of the molecule is O=C(NNC(=O)[C@H](Cc1ccccc1)NC(=O)OCc1ccccc1)OCC1c2ccccc2-c2ccccc21. The van der Waals surface area contributed by atoms with Gasteiger partial charge in [-0.1, -0.05) is 109 Å². The molecule has 0 fully saturated rings. The van der Waals surface area contributed by atoms with Crippen LogP contribution in [-0.2, 0) is 27.3 Å². The van der Waals surface area contributed by atoms with Crippen LogP contribution in [0.3, 0.4) is 0 Å². The van der Waals surface area contributed by atoms with Crippen LogP contribution in [0, 0.1) is 0 Å². The van der Waals surface area contributed by atoms with Gasteiger partial charge in [0, 0.05) is 12.3 Å². The van der Waals surface area contributed by atoms with E-state index in [0.717, 1.165) is 33.4 Å². The third-order valence-corrected chi connectivity index (χ3v) is 6.74. The summed E-state index contributed by atoms with van der Waals surface area (Å²) in [6, 6.07) is 33.5. The smallest absolute Gasteiger partial charge is 0.426 e. The molecule has 0 aliphatic heterocycles. The van der Waals surface area contributed by atoms with Crippen molar-refractivity contribution in [2.45, 2.75) is 25.0 Å². The zero-order valence-corrected chi connectivity index (χ0v) is 21.7. The number of alkyl carbamates (subject to hydrolysis) is 1. The molecule has 8 heteroatoms. The summed E-state index contributed by atoms with van der Waals surface area (Å²) >= 11 is 0. The molecule has 1 aliphatic rings. The first kappa shape index (κ1) is 26.5. The molecule has 5 rings (SSSR count). The summed E-state index contributed by atoms with van der Waals surface area (Å²) in [5.74, 6) is -0.727. The van der Waals surface area contributed by atoms with Crippen LogP contribution in [0.1, 0.15) is 28.2 Å². The number of carbonyl (C=O) groups excluding carboxylic acids is 3. The highest BCUT2D eigenvalue weighted by Gasteiger charge is 2.29. The highest BCUT2D eigenvalue weighted by molar-refractivity contribution is 5.87. The van der Waals surface area contributed by atoms with Gasteiger partial charge in [-0.2, -0.15) is 0 Å². The van der Waals surface area contributed by atoms with Crippen molar-refractivity contribution in [3.63, 3.8) is 0 Å². The predicted octanol–water partition coefficient (Wildman–Crippen LogP) is 5.09. The highest BCUT2D eigenvalue weighted by atomic mass is 16.6. The Bertz CT molecular complexity index is 1430. The lowest BCUT2D eigenvalue weighted by atomic mass is 9.98. The van der Waals surface area contributed by atoms with Crippen LogP contribution in [0.25, 0.3) is 11.1 Å². The maximum absolute atomic E-state index is 13.0. The van der Waals surface area contributed by atoms with Crippen molar-refractivity contribution in [1.82, 2.24) is 16.2 Å². The van der Waals surface area contributed by atoms with Crippen molar-refractivity contribution >= 4 is 18.1 Å². The number of ether oxygens (including phenoxy) is 2. The largest absolute Gasteiger partial charge is 0.447 e. The van der Waals surface area contributed by atoms with Gasteiger partial charge < -0.3 is 14.8 Å². The van der Waals surface area contributed by atoms with Crippen LogP contribution in [0.2, 0.25) is 0 Å². The summed E-state index contributed by atoms with van der Waals surface area (Å²) < 4.78 is 10.8. The molecule has 202 valence electrons. The second-order valence-electron chi connectivity index (χ2n) is 9.39. The fourth-order valence-electron chi connectivity index (χ4n) is 4.80. The van der Waals surface area contributed by atoms with E-state index in [1.807, 2.05) is 97.1 Å². The fourth-order valence-corrected chi connectivity index (χ4v) is 4.80. The Morgan fingerprint density at radius 1 is 0.625 bits per heavy atom. The van der Waals surface area contributed by atoms with Crippen molar-refractivity contribution in [1.29, 1.82) is 0 Å². The number of fused-ring (bicyclic) bond motifs is 3. The maximum Gasteiger partial charge on any atom is 0.426 e. The van der Waals surface area contributed by atoms with E-state index >= 15 is 0 Å². The van der Waals surface area contributed by atoms with E-state index in [4.69, 9.17) is 9.47 Å². The van der Waals surface area contributed by atoms with Gasteiger partial charge in [-0.25, -0.2) is 15.0 Å². The van der Waals surface area contributed by atoms with Crippen LogP contribution in [-0.4, -0.2) is 30.7 Å². The van der Waals surface area contributed by atoms with Crippen molar-refractivity contribution in [3.05, 3.63) is 131 Å². The van der Waals surface area contributed by atoms with Crippen LogP contribution in [0.5, 0.6) is 0 Å². The Morgan fingerprint density at radius 3 is 1.80 bits per heavy atom. The first-order valence-corrected chi connectivity index (χ1v) is 13.0. The van der Waals surface area contributed by atoms with E-state index in [9.17, 15) is 14.4 Å². The molecule has 0 saturated heterocycles. The average Bonchev–Trinajstić information content (AvgIpc) is 3.32. The number of hydrogen-bond donors (Lipinski definition) is 3. The topological polar surface area (TPSA) is 106 Å². The summed E-state index contributed by atoms with van der Waals surface area (Å²) in [5.41, 5.74) is 10.7. The first-order chi connectivity index (χ1) is 19.6. The zero-order chi connectivity index (χ0) is 27.7. The van der Waals surface area contributed by atoms with E-state index in [-0.39, 0.29) is 25.6 Å². The highest BCUT2D eigenvalue weighted by Crippen LogP contribution is 2.44. The molecule has 3 amide bonds. The molecular weight excluding hydrogens is 506 g/mol. The van der Waals surface area contributed by atoms with Gasteiger partial charge in [0.15, 0.2) is 0 Å². The van der Waals surface area contributed by atoms with E-state index in [1.54, 1.807) is 0 Å². The number of nitrogens with one attached hydrogen (secondary N) is 3. The van der Waals surface area contributed by atoms with Crippen LogP contribution >= 0.6 is 0 Å². The molecule has 40 heavy (non-hydrogen) atoms. The molecule has 0 saturated carbocycles. The minimum Gasteiger partial charge on any atom is -0.447 e. The minimum absolute atomic E-state index is 0.0599. The Labute approximate surface area is 232 Å². The standard InChI is InChI=1S/C32H29N3O5/c36-30(29(19-22-11-3-1-4-12-22)33-31(37)39-20-23-13-5-2-6-14-23)34-35-32(38)40-21-28-26-17-9-7-15-24(26)25-16-8-10-18-27(25)28/h1-18,28-29H,19-21H2,(H,33,37)(H,34,36)(H,35,38)/t29-/m0/s1. The summed E-state index contributed by atoms with van der Waals surface area (Å²) in [7, 11) is 0. The molecule has 0 radical (unpaired) electrons. The predicted molar refractivity (Wildman–Crippen MR) is 150 cm³/mol. The zero-order valence-electron chi connectivity index (χ0n) is 21.7. The van der Waals surface area contributed by atoms with E-state index in [0.29, 0.717) is 0 Å². The maximum atomic E-state index is 13.0. The molecular formula is C32H29N3O5. The van der Waals surface area contributed by atoms with Gasteiger partial charge in [0.2, 0.25) is 0 Å². The van der Waals surface area contributed by atoms with Crippen molar-refractivity contribution in [2.75, 3.05) is 6.61 Å². The summed E-state index contributed by atoms with van der Waals surface area (Å²) in [5, 5.41) is 2.59. The normalized spacial score (nSPS) is 12.4. The van der Waals surface area contributed by atoms with E-state index < -0.39 is 24.1 Å². The lowest BCUT2D eigenvalue weighted by Crippen LogP contribution is -2.53. The third kappa shape index (κ3) is 6.47. The van der Waals surface area contributed by atoms with Gasteiger partial charge in [0.05, 0.1) is 0 Å². The van der Waals surface area contributed by atoms with Gasteiger partial charge >= 0.3 is 12.2 Å². The van der Waals surface area contributed by atoms with Gasteiger partial charge in [0.1, 0.15) is 19.3 Å². The molecule has 0 bridgehead atoms. The molecule has 0 aromatic heterocycles. The first-order valence-electron chi connectivity index (χ1n) is 13.0. The van der Waals surface area contributed by atoms with Crippen LogP contribution in [0.4, 0.5) is 9.59 Å². The molecule has 4 aromatic rings. The summed E-state index contributed by atoms with van der Waals surface area (Å²) in [6.07, 6.45) is -1.36. The molecule has 0 spiro atoms. The number of carbonyl (C=O) groups is 3. The average molecular weight is 536 g/mol. The monoisotopic (exact) mass is 535 g/mol. The van der Waals surface area contributed by atoms with Crippen molar-refractivity contribution in [2.24, 2.45) is 0 Å².